The van der Waals surface area contributed by atoms with Gasteiger partial charge in [-0.1, -0.05) is 6.92 Å². The van der Waals surface area contributed by atoms with Crippen LogP contribution in [0.15, 0.2) is 0 Å². The highest BCUT2D eigenvalue weighted by atomic mass is 28.4. The fraction of sp³-hybridized carbons (Fsp3) is 0.889. The average Bonchev–Trinajstić information content (AvgIpc) is 2.60. The molecule has 8 heteroatoms. The molecule has 0 radical (unpaired) electrons. The van der Waals surface area contributed by atoms with E-state index in [9.17, 15) is 9.59 Å². The summed E-state index contributed by atoms with van der Waals surface area (Å²) in [6, 6.07) is 0.827. The minimum Gasteiger partial charge on any atom is -0.463 e. The molecule has 0 saturated carbocycles. The quantitative estimate of drug-likeness (QED) is 0.247. The molecule has 26 heavy (non-hydrogen) atoms. The summed E-state index contributed by atoms with van der Waals surface area (Å²) in [5.41, 5.74) is 0. The first kappa shape index (κ1) is 25.0. The maximum Gasteiger partial charge on any atom is 0.334 e. The molecule has 1 N–H and O–H groups in total. The van der Waals surface area contributed by atoms with Crippen LogP contribution in [0.3, 0.4) is 0 Å². The standard InChI is InChI=1S/C18H37NO6Si/c1-6-16(4)22-13-14-23-18(21)11-10-17(20)19-12-9-15-26(5,24-7-2)25-8-3/h16H,6-15H2,1-5H3,(H,19,20). The second kappa shape index (κ2) is 15.1. The molecule has 0 bridgehead atoms. The number of carbonyl (C=O) groups is 2. The Morgan fingerprint density at radius 2 is 1.69 bits per heavy atom. The molecule has 0 fully saturated rings. The van der Waals surface area contributed by atoms with Crippen LogP contribution >= 0.6 is 0 Å². The van der Waals surface area contributed by atoms with Crippen LogP contribution in [-0.4, -0.2) is 59.5 Å². The van der Waals surface area contributed by atoms with Gasteiger partial charge >= 0.3 is 14.5 Å². The number of ether oxygens (including phenoxy) is 2. The molecular formula is C18H37NO6Si. The molecule has 0 spiro atoms. The Kier molecular flexibility index (Phi) is 14.6. The van der Waals surface area contributed by atoms with Crippen molar-refractivity contribution in [1.29, 1.82) is 0 Å². The summed E-state index contributed by atoms with van der Waals surface area (Å²) in [5.74, 6) is -0.519. The van der Waals surface area contributed by atoms with Crippen molar-refractivity contribution in [1.82, 2.24) is 5.32 Å². The van der Waals surface area contributed by atoms with E-state index >= 15 is 0 Å². The smallest absolute Gasteiger partial charge is 0.334 e. The van der Waals surface area contributed by atoms with E-state index in [2.05, 4.69) is 5.32 Å². The molecule has 0 aliphatic carbocycles. The van der Waals surface area contributed by atoms with Crippen LogP contribution in [0.25, 0.3) is 0 Å². The van der Waals surface area contributed by atoms with E-state index in [0.717, 1.165) is 18.9 Å². The maximum atomic E-state index is 11.8. The average molecular weight is 392 g/mol. The summed E-state index contributed by atoms with van der Waals surface area (Å²) < 4.78 is 22.0. The Balaban J connectivity index is 3.77. The highest BCUT2D eigenvalue weighted by molar-refractivity contribution is 6.66. The van der Waals surface area contributed by atoms with Crippen molar-refractivity contribution >= 4 is 20.4 Å². The second-order valence-corrected chi connectivity index (χ2v) is 9.61. The Bertz CT molecular complexity index is 388. The van der Waals surface area contributed by atoms with Gasteiger partial charge in [-0.25, -0.2) is 0 Å². The Morgan fingerprint density at radius 3 is 2.27 bits per heavy atom. The van der Waals surface area contributed by atoms with E-state index in [1.807, 2.05) is 34.2 Å². The first-order valence-corrected chi connectivity index (χ1v) is 12.2. The first-order valence-electron chi connectivity index (χ1n) is 9.68. The minimum atomic E-state index is -2.12. The van der Waals surface area contributed by atoms with E-state index < -0.39 is 8.56 Å². The van der Waals surface area contributed by atoms with E-state index in [0.29, 0.717) is 26.4 Å². The summed E-state index contributed by atoms with van der Waals surface area (Å²) >= 11 is 0. The Morgan fingerprint density at radius 1 is 1.04 bits per heavy atom. The van der Waals surface area contributed by atoms with Gasteiger partial charge in [-0.2, -0.15) is 0 Å². The molecule has 1 unspecified atom stereocenters. The number of amides is 1. The van der Waals surface area contributed by atoms with Crippen LogP contribution in [0.1, 0.15) is 53.4 Å². The van der Waals surface area contributed by atoms with Crippen LogP contribution in [0.4, 0.5) is 0 Å². The lowest BCUT2D eigenvalue weighted by Gasteiger charge is -2.25. The van der Waals surface area contributed by atoms with Crippen LogP contribution < -0.4 is 5.32 Å². The second-order valence-electron chi connectivity index (χ2n) is 6.26. The predicted molar refractivity (Wildman–Crippen MR) is 103 cm³/mol. The van der Waals surface area contributed by atoms with Gasteiger partial charge in [0.15, 0.2) is 0 Å². The largest absolute Gasteiger partial charge is 0.463 e. The van der Waals surface area contributed by atoms with Gasteiger partial charge in [0.1, 0.15) is 6.61 Å². The zero-order chi connectivity index (χ0) is 19.8. The molecule has 0 aromatic carbocycles. The molecule has 0 aromatic heterocycles. The highest BCUT2D eigenvalue weighted by Gasteiger charge is 2.29. The van der Waals surface area contributed by atoms with Crippen molar-refractivity contribution in [2.45, 2.75) is 72.1 Å². The van der Waals surface area contributed by atoms with Crippen LogP contribution in [-0.2, 0) is 27.9 Å². The monoisotopic (exact) mass is 391 g/mol. The molecule has 7 nitrogen and oxygen atoms in total. The normalized spacial score (nSPS) is 12.7. The first-order chi connectivity index (χ1) is 12.4. The number of rotatable bonds is 16. The number of esters is 1. The van der Waals surface area contributed by atoms with Crippen molar-refractivity contribution in [3.8, 4) is 0 Å². The fourth-order valence-corrected chi connectivity index (χ4v) is 4.75. The lowest BCUT2D eigenvalue weighted by atomic mass is 10.3. The summed E-state index contributed by atoms with van der Waals surface area (Å²) in [5, 5.41) is 2.82. The van der Waals surface area contributed by atoms with Gasteiger partial charge in [0, 0.05) is 26.2 Å². The van der Waals surface area contributed by atoms with Crippen molar-refractivity contribution in [2.75, 3.05) is 33.0 Å². The molecule has 0 heterocycles. The van der Waals surface area contributed by atoms with E-state index in [1.54, 1.807) is 0 Å². The number of nitrogens with one attached hydrogen (secondary N) is 1. The molecule has 0 rings (SSSR count). The predicted octanol–water partition coefficient (Wildman–Crippen LogP) is 2.78. The molecule has 0 saturated heterocycles. The summed E-state index contributed by atoms with van der Waals surface area (Å²) in [7, 11) is -2.12. The summed E-state index contributed by atoms with van der Waals surface area (Å²) in [6.45, 7) is 12.4. The third kappa shape index (κ3) is 13.3. The van der Waals surface area contributed by atoms with Gasteiger partial charge in [-0.3, -0.25) is 9.59 Å². The third-order valence-corrected chi connectivity index (χ3v) is 6.97. The van der Waals surface area contributed by atoms with Crippen molar-refractivity contribution in [3.63, 3.8) is 0 Å². The lowest BCUT2D eigenvalue weighted by molar-refractivity contribution is -0.147. The molecule has 1 atom stereocenters. The van der Waals surface area contributed by atoms with Crippen LogP contribution in [0.5, 0.6) is 0 Å². The summed E-state index contributed by atoms with van der Waals surface area (Å²) in [4.78, 5) is 23.4. The van der Waals surface area contributed by atoms with Gasteiger partial charge in [0.2, 0.25) is 5.91 Å². The molecule has 1 amide bonds. The molecular weight excluding hydrogens is 354 g/mol. The van der Waals surface area contributed by atoms with Crippen LogP contribution in [0.2, 0.25) is 12.6 Å². The number of carbonyl (C=O) groups excluding carboxylic acids is 2. The van der Waals surface area contributed by atoms with E-state index in [4.69, 9.17) is 18.3 Å². The zero-order valence-electron chi connectivity index (χ0n) is 17.1. The van der Waals surface area contributed by atoms with Gasteiger partial charge in [0.25, 0.3) is 0 Å². The molecule has 154 valence electrons. The Labute approximate surface area is 159 Å². The van der Waals surface area contributed by atoms with Gasteiger partial charge in [-0.05, 0) is 46.2 Å². The molecule has 0 aliphatic rings. The van der Waals surface area contributed by atoms with Crippen molar-refractivity contribution < 1.29 is 27.9 Å². The zero-order valence-corrected chi connectivity index (χ0v) is 18.1. The maximum absolute atomic E-state index is 11.8. The third-order valence-electron chi connectivity index (χ3n) is 3.91. The lowest BCUT2D eigenvalue weighted by Crippen LogP contribution is -2.39. The summed E-state index contributed by atoms with van der Waals surface area (Å²) in [6.07, 6.45) is 2.10. The SMILES string of the molecule is CCO[Si](C)(CCCNC(=O)CCC(=O)OCCOC(C)CC)OCC. The fourth-order valence-electron chi connectivity index (χ4n) is 2.33. The molecule has 0 aliphatic heterocycles. The minimum absolute atomic E-state index is 0.0829. The van der Waals surface area contributed by atoms with Crippen molar-refractivity contribution in [3.05, 3.63) is 0 Å². The van der Waals surface area contributed by atoms with Gasteiger partial charge < -0.3 is 23.6 Å². The number of hydrogen-bond acceptors (Lipinski definition) is 6. The number of hydrogen-bond donors (Lipinski definition) is 1. The van der Waals surface area contributed by atoms with Gasteiger partial charge in [-0.15, -0.1) is 0 Å². The molecule has 0 aromatic rings. The van der Waals surface area contributed by atoms with E-state index in [-0.39, 0.29) is 37.4 Å². The van der Waals surface area contributed by atoms with E-state index in [1.165, 1.54) is 0 Å². The Hall–Kier alpha value is -0.963. The topological polar surface area (TPSA) is 83.1 Å². The highest BCUT2D eigenvalue weighted by Crippen LogP contribution is 2.15. The van der Waals surface area contributed by atoms with Crippen molar-refractivity contribution in [2.24, 2.45) is 0 Å². The van der Waals surface area contributed by atoms with Crippen LogP contribution in [0, 0.1) is 0 Å². The van der Waals surface area contributed by atoms with Gasteiger partial charge in [0.05, 0.1) is 19.1 Å².